The number of nitrogens with zero attached hydrogens (tertiary/aromatic N) is 1. The van der Waals surface area contributed by atoms with Gasteiger partial charge in [-0.1, -0.05) is 27.2 Å². The number of unbranched alkanes of at least 4 members (excludes halogenated alkanes) is 1. The molecule has 2 heterocycles. The molecule has 0 aromatic carbocycles. The third-order valence-electron chi connectivity index (χ3n) is 5.50. The Kier molecular flexibility index (Phi) is 6.06. The summed E-state index contributed by atoms with van der Waals surface area (Å²) in [6.07, 6.45) is 5.75. The molecule has 2 N–H and O–H groups in total. The second-order valence-electron chi connectivity index (χ2n) is 7.18. The van der Waals surface area contributed by atoms with E-state index in [9.17, 15) is 4.79 Å². The first-order valence-corrected chi connectivity index (χ1v) is 8.82. The fourth-order valence-corrected chi connectivity index (χ4v) is 3.67. The van der Waals surface area contributed by atoms with Crippen LogP contribution in [0.5, 0.6) is 0 Å². The molecule has 122 valence electrons. The van der Waals surface area contributed by atoms with Crippen molar-refractivity contribution in [1.82, 2.24) is 15.5 Å². The molecule has 0 bridgehead atoms. The molecule has 0 aromatic rings. The number of piperidine rings is 1. The van der Waals surface area contributed by atoms with Crippen LogP contribution in [0.3, 0.4) is 0 Å². The number of carbonyl (C=O) groups is 1. The van der Waals surface area contributed by atoms with Crippen LogP contribution in [0.1, 0.15) is 52.9 Å². The molecule has 0 aliphatic carbocycles. The van der Waals surface area contributed by atoms with E-state index >= 15 is 0 Å². The molecule has 2 rings (SSSR count). The summed E-state index contributed by atoms with van der Waals surface area (Å²) >= 11 is 0. The maximum Gasteiger partial charge on any atom is 0.228 e. The van der Waals surface area contributed by atoms with Gasteiger partial charge < -0.3 is 15.5 Å². The first-order valence-electron chi connectivity index (χ1n) is 8.82. The minimum absolute atomic E-state index is 0.181. The van der Waals surface area contributed by atoms with Crippen LogP contribution >= 0.6 is 0 Å². The standard InChI is InChI=1S/C17H33N3O/c1-4-5-10-20-11-6-15(7-12-20)19-16(21)17(14(2)3)8-9-18-13-17/h14-15,18H,4-13H2,1-3H3,(H,19,21). The largest absolute Gasteiger partial charge is 0.353 e. The van der Waals surface area contributed by atoms with Crippen LogP contribution in [0.4, 0.5) is 0 Å². The van der Waals surface area contributed by atoms with Gasteiger partial charge in [0.1, 0.15) is 0 Å². The zero-order chi connectivity index (χ0) is 15.3. The van der Waals surface area contributed by atoms with E-state index in [1.54, 1.807) is 0 Å². The van der Waals surface area contributed by atoms with Gasteiger partial charge in [0, 0.05) is 25.7 Å². The fourth-order valence-electron chi connectivity index (χ4n) is 3.67. The smallest absolute Gasteiger partial charge is 0.228 e. The van der Waals surface area contributed by atoms with Crippen molar-refractivity contribution in [2.24, 2.45) is 11.3 Å². The Morgan fingerprint density at radius 3 is 2.62 bits per heavy atom. The summed E-state index contributed by atoms with van der Waals surface area (Å²) in [6, 6.07) is 0.381. The summed E-state index contributed by atoms with van der Waals surface area (Å²) in [5.41, 5.74) is -0.181. The Morgan fingerprint density at radius 2 is 2.10 bits per heavy atom. The predicted octanol–water partition coefficient (Wildman–Crippen LogP) is 2.00. The third kappa shape index (κ3) is 3.98. The topological polar surface area (TPSA) is 44.4 Å². The van der Waals surface area contributed by atoms with E-state index in [4.69, 9.17) is 0 Å². The highest BCUT2D eigenvalue weighted by Gasteiger charge is 2.44. The molecule has 1 unspecified atom stereocenters. The number of rotatable bonds is 6. The number of hydrogen-bond acceptors (Lipinski definition) is 3. The van der Waals surface area contributed by atoms with Crippen molar-refractivity contribution in [2.45, 2.75) is 58.9 Å². The Labute approximate surface area is 130 Å². The van der Waals surface area contributed by atoms with Gasteiger partial charge in [0.25, 0.3) is 0 Å². The molecule has 2 aliphatic heterocycles. The Balaban J connectivity index is 1.81. The first kappa shape index (κ1) is 16.8. The number of carbonyl (C=O) groups excluding carboxylic acids is 1. The van der Waals surface area contributed by atoms with E-state index in [-0.39, 0.29) is 11.3 Å². The molecule has 2 aliphatic rings. The van der Waals surface area contributed by atoms with E-state index < -0.39 is 0 Å². The molecular weight excluding hydrogens is 262 g/mol. The quantitative estimate of drug-likeness (QED) is 0.788. The Hall–Kier alpha value is -0.610. The third-order valence-corrected chi connectivity index (χ3v) is 5.50. The van der Waals surface area contributed by atoms with Crippen molar-refractivity contribution < 1.29 is 4.79 Å². The number of nitrogens with one attached hydrogen (secondary N) is 2. The predicted molar refractivity (Wildman–Crippen MR) is 87.3 cm³/mol. The average Bonchev–Trinajstić information content (AvgIpc) is 2.97. The normalized spacial score (nSPS) is 28.2. The Bertz CT molecular complexity index is 329. The second-order valence-corrected chi connectivity index (χ2v) is 7.18. The molecule has 4 heteroatoms. The molecule has 0 spiro atoms. The summed E-state index contributed by atoms with van der Waals surface area (Å²) in [6.45, 7) is 11.9. The van der Waals surface area contributed by atoms with Crippen molar-refractivity contribution in [2.75, 3.05) is 32.7 Å². The Morgan fingerprint density at radius 1 is 1.38 bits per heavy atom. The summed E-state index contributed by atoms with van der Waals surface area (Å²) in [5.74, 6) is 0.687. The van der Waals surface area contributed by atoms with Gasteiger partial charge >= 0.3 is 0 Å². The van der Waals surface area contributed by atoms with Crippen LogP contribution in [-0.4, -0.2) is 49.6 Å². The zero-order valence-corrected chi connectivity index (χ0v) is 14.1. The van der Waals surface area contributed by atoms with Gasteiger partial charge in [-0.05, 0) is 44.7 Å². The van der Waals surface area contributed by atoms with E-state index in [1.807, 2.05) is 0 Å². The molecule has 2 fully saturated rings. The lowest BCUT2D eigenvalue weighted by Crippen LogP contribution is -2.52. The summed E-state index contributed by atoms with van der Waals surface area (Å²) in [7, 11) is 0. The summed E-state index contributed by atoms with van der Waals surface area (Å²) < 4.78 is 0. The highest BCUT2D eigenvalue weighted by atomic mass is 16.2. The van der Waals surface area contributed by atoms with Gasteiger partial charge in [0.15, 0.2) is 0 Å². The van der Waals surface area contributed by atoms with Crippen LogP contribution in [0.25, 0.3) is 0 Å². The number of hydrogen-bond donors (Lipinski definition) is 2. The molecule has 0 radical (unpaired) electrons. The maximum atomic E-state index is 12.8. The van der Waals surface area contributed by atoms with Crippen LogP contribution in [-0.2, 0) is 4.79 Å². The second kappa shape index (κ2) is 7.59. The van der Waals surface area contributed by atoms with E-state index in [0.717, 1.165) is 45.4 Å². The molecule has 0 saturated carbocycles. The molecule has 1 atom stereocenters. The van der Waals surface area contributed by atoms with Crippen molar-refractivity contribution in [1.29, 1.82) is 0 Å². The van der Waals surface area contributed by atoms with Crippen molar-refractivity contribution >= 4 is 5.91 Å². The van der Waals surface area contributed by atoms with E-state index in [2.05, 4.69) is 36.3 Å². The van der Waals surface area contributed by atoms with E-state index in [0.29, 0.717) is 12.0 Å². The lowest BCUT2D eigenvalue weighted by Gasteiger charge is -2.36. The molecule has 21 heavy (non-hydrogen) atoms. The average molecular weight is 295 g/mol. The molecule has 2 saturated heterocycles. The number of likely N-dealkylation sites (tertiary alicyclic amines) is 1. The minimum atomic E-state index is -0.181. The monoisotopic (exact) mass is 295 g/mol. The van der Waals surface area contributed by atoms with E-state index in [1.165, 1.54) is 19.4 Å². The van der Waals surface area contributed by atoms with Gasteiger partial charge in [-0.3, -0.25) is 4.79 Å². The molecule has 4 nitrogen and oxygen atoms in total. The highest BCUT2D eigenvalue weighted by Crippen LogP contribution is 2.34. The van der Waals surface area contributed by atoms with Crippen LogP contribution < -0.4 is 10.6 Å². The fraction of sp³-hybridized carbons (Fsp3) is 0.941. The molecule has 0 aromatic heterocycles. The SMILES string of the molecule is CCCCN1CCC(NC(=O)C2(C(C)C)CCNC2)CC1. The number of amides is 1. The molecule has 1 amide bonds. The summed E-state index contributed by atoms with van der Waals surface area (Å²) in [5, 5.41) is 6.73. The van der Waals surface area contributed by atoms with Crippen molar-refractivity contribution in [3.63, 3.8) is 0 Å². The zero-order valence-electron chi connectivity index (χ0n) is 14.1. The summed E-state index contributed by atoms with van der Waals surface area (Å²) in [4.78, 5) is 15.3. The van der Waals surface area contributed by atoms with Crippen molar-refractivity contribution in [3.8, 4) is 0 Å². The van der Waals surface area contributed by atoms with Gasteiger partial charge in [-0.2, -0.15) is 0 Å². The lowest BCUT2D eigenvalue weighted by atomic mass is 9.75. The first-order chi connectivity index (χ1) is 10.1. The van der Waals surface area contributed by atoms with Crippen molar-refractivity contribution in [3.05, 3.63) is 0 Å². The van der Waals surface area contributed by atoms with Gasteiger partial charge in [-0.15, -0.1) is 0 Å². The lowest BCUT2D eigenvalue weighted by molar-refractivity contribution is -0.133. The maximum absolute atomic E-state index is 12.8. The van der Waals surface area contributed by atoms with Crippen LogP contribution in [0.15, 0.2) is 0 Å². The van der Waals surface area contributed by atoms with Gasteiger partial charge in [0.05, 0.1) is 5.41 Å². The minimum Gasteiger partial charge on any atom is -0.353 e. The van der Waals surface area contributed by atoms with Crippen LogP contribution in [0, 0.1) is 11.3 Å². The highest BCUT2D eigenvalue weighted by molar-refractivity contribution is 5.83. The van der Waals surface area contributed by atoms with Gasteiger partial charge in [-0.25, -0.2) is 0 Å². The van der Waals surface area contributed by atoms with Gasteiger partial charge in [0.2, 0.25) is 5.91 Å². The van der Waals surface area contributed by atoms with Crippen LogP contribution in [0.2, 0.25) is 0 Å². The molecular formula is C17H33N3O.